The average Bonchev–Trinajstić information content (AvgIpc) is 0.915. The van der Waals surface area contributed by atoms with Crippen molar-refractivity contribution in [2.24, 2.45) is 0 Å². The van der Waals surface area contributed by atoms with E-state index >= 15 is 0 Å². The fourth-order valence-electron chi connectivity index (χ4n) is 11.3. The van der Waals surface area contributed by atoms with E-state index in [1.165, 1.54) is 103 Å². The summed E-state index contributed by atoms with van der Waals surface area (Å²) in [7, 11) is -9.80. The van der Waals surface area contributed by atoms with Crippen LogP contribution in [0.2, 0.25) is 0 Å². The van der Waals surface area contributed by atoms with Gasteiger partial charge in [0.2, 0.25) is 0 Å². The molecule has 0 fully saturated rings. The van der Waals surface area contributed by atoms with Gasteiger partial charge >= 0.3 is 33.6 Å². The number of phosphoric ester groups is 2. The van der Waals surface area contributed by atoms with Gasteiger partial charge in [-0.15, -0.1) is 0 Å². The molecule has 109 heavy (non-hydrogen) atoms. The lowest BCUT2D eigenvalue weighted by Crippen LogP contribution is -2.30. The maximum absolute atomic E-state index is 13.0. The molecule has 0 aliphatic carbocycles. The molecule has 624 valence electrons. The third-order valence-corrected chi connectivity index (χ3v) is 19.6. The van der Waals surface area contributed by atoms with Crippen LogP contribution in [0.3, 0.4) is 0 Å². The van der Waals surface area contributed by atoms with E-state index in [2.05, 4.69) is 179 Å². The van der Waals surface area contributed by atoms with Gasteiger partial charge in [-0.2, -0.15) is 0 Å². The number of rotatable bonds is 80. The summed E-state index contributed by atoms with van der Waals surface area (Å²) in [6.07, 6.45) is 104. The SMILES string of the molecule is CC/C=C\C/C=C\C/C=C\C/C=C\C/C=C\C/C=C\CCCCCCCCCCCCCCCCC(=O)OCC(O)COP(=O)(O)OCC(O)COP(=O)(O)OCC(COC(=O)CCCCCCCCCCCCC/C=C\C/C=C\C/C=C\C/C=C\C/C=C\CC)OC(=O)CCCCCCC/C=C\C/C=C\CCC. The zero-order valence-corrected chi connectivity index (χ0v) is 70.2. The molecule has 5 unspecified atom stereocenters. The minimum absolute atomic E-state index is 0.0851. The molecule has 0 rings (SSSR count). The first kappa shape index (κ1) is 104. The number of phosphoric acid groups is 2. The lowest BCUT2D eigenvalue weighted by Gasteiger charge is -2.21. The van der Waals surface area contributed by atoms with Crippen LogP contribution in [-0.2, 0) is 55.8 Å². The number of carbonyl (C=O) groups excluding carboxylic acids is 3. The molecule has 0 radical (unpaired) electrons. The Hall–Kier alpha value is -4.83. The lowest BCUT2D eigenvalue weighted by atomic mass is 10.0. The van der Waals surface area contributed by atoms with E-state index in [9.17, 15) is 43.5 Å². The third kappa shape index (κ3) is 83.9. The van der Waals surface area contributed by atoms with Gasteiger partial charge in [0, 0.05) is 19.3 Å². The van der Waals surface area contributed by atoms with Gasteiger partial charge in [0.1, 0.15) is 25.4 Å². The Labute approximate surface area is 663 Å². The number of aliphatic hydroxyl groups is 2. The number of hydrogen-bond donors (Lipinski definition) is 4. The minimum Gasteiger partial charge on any atom is -0.463 e. The van der Waals surface area contributed by atoms with Crippen LogP contribution in [0.5, 0.6) is 0 Å². The maximum Gasteiger partial charge on any atom is 0.472 e. The number of allylic oxidation sites excluding steroid dienone is 26. The Morgan fingerprint density at radius 2 is 0.486 bits per heavy atom. The zero-order chi connectivity index (χ0) is 79.4. The average molecular weight is 1570 g/mol. The number of carbonyl (C=O) groups is 3. The van der Waals surface area contributed by atoms with Crippen molar-refractivity contribution in [3.05, 3.63) is 158 Å². The van der Waals surface area contributed by atoms with E-state index in [1.54, 1.807) is 0 Å². The molecule has 0 saturated heterocycles. The first-order valence-electron chi connectivity index (χ1n) is 42.8. The van der Waals surface area contributed by atoms with E-state index in [0.29, 0.717) is 19.3 Å². The Bertz CT molecular complexity index is 2610. The van der Waals surface area contributed by atoms with Crippen LogP contribution < -0.4 is 0 Å². The van der Waals surface area contributed by atoms with Gasteiger partial charge in [-0.1, -0.05) is 339 Å². The molecule has 18 heteroatoms. The highest BCUT2D eigenvalue weighted by molar-refractivity contribution is 7.47. The largest absolute Gasteiger partial charge is 0.472 e. The van der Waals surface area contributed by atoms with Crippen molar-refractivity contribution in [3.63, 3.8) is 0 Å². The molecule has 4 N–H and O–H groups in total. The van der Waals surface area contributed by atoms with Crippen molar-refractivity contribution in [2.75, 3.05) is 39.6 Å². The molecule has 0 saturated carbocycles. The second-order valence-corrected chi connectivity index (χ2v) is 31.1. The number of unbranched alkanes of at least 4 members (excludes halogenated alkanes) is 31. The van der Waals surface area contributed by atoms with Crippen LogP contribution in [-0.4, -0.2) is 95.9 Å². The summed E-state index contributed by atoms with van der Waals surface area (Å²) in [6.45, 7) is 2.39. The molecule has 0 bridgehead atoms. The van der Waals surface area contributed by atoms with Crippen molar-refractivity contribution in [3.8, 4) is 0 Å². The Morgan fingerprint density at radius 1 is 0.266 bits per heavy atom. The van der Waals surface area contributed by atoms with E-state index in [4.69, 9.17) is 32.3 Å². The van der Waals surface area contributed by atoms with Crippen molar-refractivity contribution >= 4 is 33.6 Å². The fraction of sp³-hybridized carbons (Fsp3) is 0.681. The Balaban J connectivity index is 4.44. The van der Waals surface area contributed by atoms with E-state index in [1.807, 2.05) is 0 Å². The van der Waals surface area contributed by atoms with Crippen molar-refractivity contribution in [1.82, 2.24) is 0 Å². The van der Waals surface area contributed by atoms with E-state index in [0.717, 1.165) is 180 Å². The second kappa shape index (κ2) is 82.6. The highest BCUT2D eigenvalue weighted by Crippen LogP contribution is 2.45. The molecular weight excluding hydrogens is 1410 g/mol. The van der Waals surface area contributed by atoms with Gasteiger partial charge in [-0.25, -0.2) is 9.13 Å². The molecule has 0 aromatic heterocycles. The normalized spacial score (nSPS) is 14.7. The molecule has 0 aliphatic rings. The molecular formula is C91H154O16P2. The molecule has 0 aromatic carbocycles. The Morgan fingerprint density at radius 3 is 0.771 bits per heavy atom. The van der Waals surface area contributed by atoms with Gasteiger partial charge in [-0.05, 0) is 141 Å². The van der Waals surface area contributed by atoms with Crippen LogP contribution in [0.1, 0.15) is 342 Å². The van der Waals surface area contributed by atoms with Gasteiger partial charge in [0.25, 0.3) is 0 Å². The van der Waals surface area contributed by atoms with Crippen molar-refractivity contribution in [2.45, 2.75) is 360 Å². The molecule has 0 heterocycles. The van der Waals surface area contributed by atoms with Gasteiger partial charge in [0.15, 0.2) is 6.10 Å². The number of esters is 3. The van der Waals surface area contributed by atoms with Gasteiger partial charge in [0.05, 0.1) is 26.4 Å². The Kier molecular flexibility index (Phi) is 79.0. The van der Waals surface area contributed by atoms with Crippen LogP contribution in [0, 0.1) is 0 Å². The molecule has 0 aromatic rings. The summed E-state index contributed by atoms with van der Waals surface area (Å²) in [5.74, 6) is -1.59. The molecule has 5 atom stereocenters. The number of ether oxygens (including phenoxy) is 3. The second-order valence-electron chi connectivity index (χ2n) is 28.2. The number of hydrogen-bond acceptors (Lipinski definition) is 14. The lowest BCUT2D eigenvalue weighted by molar-refractivity contribution is -0.161. The smallest absolute Gasteiger partial charge is 0.463 e. The topological polar surface area (TPSA) is 231 Å². The number of aliphatic hydroxyl groups excluding tert-OH is 2. The summed E-state index contributed by atoms with van der Waals surface area (Å²) < 4.78 is 61.2. The molecule has 0 spiro atoms. The van der Waals surface area contributed by atoms with Crippen molar-refractivity contribution < 1.29 is 75.8 Å². The first-order valence-corrected chi connectivity index (χ1v) is 45.8. The predicted molar refractivity (Wildman–Crippen MR) is 454 cm³/mol. The fourth-order valence-corrected chi connectivity index (χ4v) is 12.9. The third-order valence-electron chi connectivity index (χ3n) is 17.7. The maximum atomic E-state index is 13.0. The first-order chi connectivity index (χ1) is 53.2. The van der Waals surface area contributed by atoms with Gasteiger partial charge < -0.3 is 34.2 Å². The van der Waals surface area contributed by atoms with E-state index < -0.39 is 91.5 Å². The minimum atomic E-state index is -4.94. The summed E-state index contributed by atoms with van der Waals surface area (Å²) >= 11 is 0. The quantitative estimate of drug-likeness (QED) is 0.0146. The summed E-state index contributed by atoms with van der Waals surface area (Å²) in [5, 5.41) is 20.7. The predicted octanol–water partition coefficient (Wildman–Crippen LogP) is 25.8. The molecule has 0 amide bonds. The van der Waals surface area contributed by atoms with Gasteiger partial charge in [-0.3, -0.25) is 32.5 Å². The highest BCUT2D eigenvalue weighted by Gasteiger charge is 2.29. The van der Waals surface area contributed by atoms with Crippen LogP contribution in [0.25, 0.3) is 0 Å². The van der Waals surface area contributed by atoms with E-state index in [-0.39, 0.29) is 19.3 Å². The van der Waals surface area contributed by atoms with Crippen LogP contribution >= 0.6 is 15.6 Å². The van der Waals surface area contributed by atoms with Crippen molar-refractivity contribution in [1.29, 1.82) is 0 Å². The summed E-state index contributed by atoms with van der Waals surface area (Å²) in [5.41, 5.74) is 0. The molecule has 0 aliphatic heterocycles. The zero-order valence-electron chi connectivity index (χ0n) is 68.4. The summed E-state index contributed by atoms with van der Waals surface area (Å²) in [6, 6.07) is 0. The highest BCUT2D eigenvalue weighted by atomic mass is 31.2. The summed E-state index contributed by atoms with van der Waals surface area (Å²) in [4.78, 5) is 58.7. The van der Waals surface area contributed by atoms with Crippen LogP contribution in [0.15, 0.2) is 158 Å². The monoisotopic (exact) mass is 1570 g/mol. The standard InChI is InChI=1S/C91H154O16P2/c1-4-7-10-13-16-19-22-25-27-29-31-33-35-37-39-40-41-42-43-44-46-48-49-51-53-55-57-60-62-65-68-71-74-77-89(94)101-80-86(92)81-103-108(97,98)104-82-87(93)83-105-109(99,100)106-85-88(107-91(96)79-76-73-70-67-64-59-24-21-18-15-12-9-6-3)84-102-90(95)78-75-72-69-66-63-61-58-56-54-52-50-47-45-38-36-34-32-30-28-26-23-20-17-14-11-8-5-2/h7-8,10-12,15-17,19-21,24-28,31-34,37-39,41-42,45,86-88,92-93H,4-6,9,13-14,18,22-23,29-30,35-36,40,43-44,46-85H2,1-3H3,(H,97,98)(H,99,100)/b10-7-,11-8-,15-12-,19-16-,20-17-,24-21-,27-25-,28-26-,33-31-,34-32-,39-37-,42-41-,45-38-. The molecule has 16 nitrogen and oxygen atoms in total. The van der Waals surface area contributed by atoms with Crippen LogP contribution in [0.4, 0.5) is 0 Å².